The molecule has 0 unspecified atom stereocenters. The summed E-state index contributed by atoms with van der Waals surface area (Å²) in [6.45, 7) is 4.01. The molecule has 3 amide bonds. The van der Waals surface area contributed by atoms with Crippen molar-refractivity contribution in [2.75, 3.05) is 23.7 Å². The van der Waals surface area contributed by atoms with Crippen molar-refractivity contribution in [3.63, 3.8) is 0 Å². The SMILES string of the molecule is CCNC(=O)CNc1ccc(NC(=O)NC2=C(N)C(=O)C(C)=CC2=O)cc1. The number of nitrogens with two attached hydrogens (primary N) is 1. The van der Waals surface area contributed by atoms with Crippen LogP contribution >= 0.6 is 0 Å². The number of carbonyl (C=O) groups is 4. The van der Waals surface area contributed by atoms with Crippen LogP contribution in [0.3, 0.4) is 0 Å². The van der Waals surface area contributed by atoms with Crippen LogP contribution in [-0.4, -0.2) is 36.6 Å². The molecule has 0 spiro atoms. The van der Waals surface area contributed by atoms with Gasteiger partial charge >= 0.3 is 6.03 Å². The van der Waals surface area contributed by atoms with E-state index in [0.717, 1.165) is 6.08 Å². The number of allylic oxidation sites excluding steroid dienone is 2. The standard InChI is InChI=1S/C18H21N5O4/c1-3-20-14(25)9-21-11-4-6-12(7-5-11)22-18(27)23-16-13(24)8-10(2)17(26)15(16)19/h4-8,21H,3,9,19H2,1-2H3,(H,20,25)(H2,22,23,27). The Hall–Kier alpha value is -3.62. The van der Waals surface area contributed by atoms with Crippen molar-refractivity contribution in [3.8, 4) is 0 Å². The lowest BCUT2D eigenvalue weighted by Crippen LogP contribution is -2.37. The first kappa shape index (κ1) is 19.7. The van der Waals surface area contributed by atoms with Crippen molar-refractivity contribution in [2.24, 2.45) is 5.73 Å². The number of hydrogen-bond donors (Lipinski definition) is 5. The zero-order valence-corrected chi connectivity index (χ0v) is 15.0. The number of rotatable bonds is 6. The number of anilines is 2. The molecule has 1 aliphatic carbocycles. The molecule has 0 atom stereocenters. The smallest absolute Gasteiger partial charge is 0.323 e. The second-order valence-corrected chi connectivity index (χ2v) is 5.77. The van der Waals surface area contributed by atoms with Gasteiger partial charge in [-0.1, -0.05) is 0 Å². The van der Waals surface area contributed by atoms with Gasteiger partial charge in [-0.2, -0.15) is 0 Å². The maximum atomic E-state index is 12.1. The summed E-state index contributed by atoms with van der Waals surface area (Å²) >= 11 is 0. The van der Waals surface area contributed by atoms with Gasteiger partial charge in [-0.15, -0.1) is 0 Å². The Kier molecular flexibility index (Phi) is 6.32. The zero-order valence-electron chi connectivity index (χ0n) is 15.0. The highest BCUT2D eigenvalue weighted by Gasteiger charge is 2.25. The normalized spacial score (nSPS) is 13.8. The fourth-order valence-corrected chi connectivity index (χ4v) is 2.31. The monoisotopic (exact) mass is 371 g/mol. The van der Waals surface area contributed by atoms with Gasteiger partial charge in [-0.05, 0) is 44.2 Å². The molecule has 0 bridgehead atoms. The molecule has 1 aliphatic rings. The van der Waals surface area contributed by atoms with Gasteiger partial charge < -0.3 is 27.0 Å². The Bertz CT molecular complexity index is 840. The summed E-state index contributed by atoms with van der Waals surface area (Å²) in [6, 6.07) is 5.91. The van der Waals surface area contributed by atoms with Crippen LogP contribution in [0.25, 0.3) is 0 Å². The third-order valence-corrected chi connectivity index (χ3v) is 3.67. The average molecular weight is 371 g/mol. The van der Waals surface area contributed by atoms with Gasteiger partial charge in [0, 0.05) is 23.5 Å². The average Bonchev–Trinajstić information content (AvgIpc) is 2.63. The van der Waals surface area contributed by atoms with E-state index < -0.39 is 17.6 Å². The molecule has 2 rings (SSSR count). The van der Waals surface area contributed by atoms with Crippen LogP contribution in [-0.2, 0) is 14.4 Å². The number of Topliss-reactive ketones (excluding diaryl/α,β-unsaturated/α-hetero) is 1. The van der Waals surface area contributed by atoms with Crippen LogP contribution in [0.5, 0.6) is 0 Å². The summed E-state index contributed by atoms with van der Waals surface area (Å²) in [5.74, 6) is -1.15. The van der Waals surface area contributed by atoms with E-state index in [1.165, 1.54) is 6.92 Å². The summed E-state index contributed by atoms with van der Waals surface area (Å²) < 4.78 is 0. The van der Waals surface area contributed by atoms with Crippen molar-refractivity contribution in [1.82, 2.24) is 10.6 Å². The molecule has 0 radical (unpaired) electrons. The predicted octanol–water partition coefficient (Wildman–Crippen LogP) is 0.624. The number of likely N-dealkylation sites (N-methyl/N-ethyl adjacent to an activating group) is 1. The summed E-state index contributed by atoms with van der Waals surface area (Å²) in [4.78, 5) is 47.2. The molecule has 9 nitrogen and oxygen atoms in total. The van der Waals surface area contributed by atoms with Gasteiger partial charge in [0.15, 0.2) is 0 Å². The minimum atomic E-state index is -0.704. The maximum absolute atomic E-state index is 12.1. The molecule has 6 N–H and O–H groups in total. The number of urea groups is 1. The number of hydrogen-bond acceptors (Lipinski definition) is 6. The van der Waals surface area contributed by atoms with Crippen molar-refractivity contribution in [2.45, 2.75) is 13.8 Å². The molecule has 0 saturated carbocycles. The molecule has 1 aromatic rings. The summed E-state index contributed by atoms with van der Waals surface area (Å²) in [5, 5.41) is 10.5. The molecule has 9 heteroatoms. The molecular formula is C18H21N5O4. The molecule has 1 aromatic carbocycles. The van der Waals surface area contributed by atoms with Crippen LogP contribution in [0.2, 0.25) is 0 Å². The van der Waals surface area contributed by atoms with Crippen LogP contribution in [0, 0.1) is 0 Å². The van der Waals surface area contributed by atoms with E-state index in [0.29, 0.717) is 17.9 Å². The van der Waals surface area contributed by atoms with Gasteiger partial charge in [-0.25, -0.2) is 4.79 Å². The second-order valence-electron chi connectivity index (χ2n) is 5.77. The van der Waals surface area contributed by atoms with E-state index in [9.17, 15) is 19.2 Å². The highest BCUT2D eigenvalue weighted by Crippen LogP contribution is 2.15. The van der Waals surface area contributed by atoms with Gasteiger partial charge in [0.1, 0.15) is 11.4 Å². The highest BCUT2D eigenvalue weighted by atomic mass is 16.2. The van der Waals surface area contributed by atoms with Gasteiger partial charge in [-0.3, -0.25) is 14.4 Å². The highest BCUT2D eigenvalue weighted by molar-refractivity contribution is 6.22. The third-order valence-electron chi connectivity index (χ3n) is 3.67. The van der Waals surface area contributed by atoms with Gasteiger partial charge in [0.25, 0.3) is 0 Å². The van der Waals surface area contributed by atoms with E-state index in [1.807, 2.05) is 6.92 Å². The number of ketones is 2. The molecule has 27 heavy (non-hydrogen) atoms. The minimum absolute atomic E-state index is 0.124. The Morgan fingerprint density at radius 3 is 2.30 bits per heavy atom. The fourth-order valence-electron chi connectivity index (χ4n) is 2.31. The molecule has 0 saturated heterocycles. The molecule has 0 aromatic heterocycles. The fraction of sp³-hybridized carbons (Fsp3) is 0.222. The Labute approximate surface area is 156 Å². The summed E-state index contributed by atoms with van der Waals surface area (Å²) in [7, 11) is 0. The number of carbonyl (C=O) groups excluding carboxylic acids is 4. The van der Waals surface area contributed by atoms with E-state index in [2.05, 4.69) is 21.3 Å². The number of nitrogens with one attached hydrogen (secondary N) is 4. The maximum Gasteiger partial charge on any atom is 0.323 e. The van der Waals surface area contributed by atoms with Crippen LogP contribution in [0.4, 0.5) is 16.2 Å². The number of amides is 3. The quantitative estimate of drug-likeness (QED) is 0.464. The Morgan fingerprint density at radius 2 is 1.67 bits per heavy atom. The Morgan fingerprint density at radius 1 is 1.04 bits per heavy atom. The lowest BCUT2D eigenvalue weighted by molar-refractivity contribution is -0.119. The first-order chi connectivity index (χ1) is 12.8. The van der Waals surface area contributed by atoms with Crippen molar-refractivity contribution in [1.29, 1.82) is 0 Å². The van der Waals surface area contributed by atoms with E-state index in [-0.39, 0.29) is 29.4 Å². The summed E-state index contributed by atoms with van der Waals surface area (Å²) in [6.07, 6.45) is 1.13. The van der Waals surface area contributed by atoms with Gasteiger partial charge in [0.05, 0.1) is 6.54 Å². The van der Waals surface area contributed by atoms with Crippen molar-refractivity contribution >= 4 is 34.9 Å². The Balaban J connectivity index is 1.93. The van der Waals surface area contributed by atoms with Crippen LogP contribution in [0.1, 0.15) is 13.8 Å². The first-order valence-corrected chi connectivity index (χ1v) is 8.27. The first-order valence-electron chi connectivity index (χ1n) is 8.27. The van der Waals surface area contributed by atoms with Crippen LogP contribution < -0.4 is 27.0 Å². The third kappa shape index (κ3) is 5.18. The zero-order chi connectivity index (χ0) is 20.0. The predicted molar refractivity (Wildman–Crippen MR) is 101 cm³/mol. The summed E-state index contributed by atoms with van der Waals surface area (Å²) in [5.41, 5.74) is 6.47. The largest absolute Gasteiger partial charge is 0.394 e. The molecule has 0 heterocycles. The molecule has 142 valence electrons. The van der Waals surface area contributed by atoms with E-state index in [1.54, 1.807) is 24.3 Å². The molecule has 0 aliphatic heterocycles. The molecular weight excluding hydrogens is 350 g/mol. The lowest BCUT2D eigenvalue weighted by Gasteiger charge is -2.15. The molecule has 0 fully saturated rings. The lowest BCUT2D eigenvalue weighted by atomic mass is 10.00. The van der Waals surface area contributed by atoms with E-state index in [4.69, 9.17) is 5.73 Å². The second kappa shape index (κ2) is 8.65. The number of benzene rings is 1. The van der Waals surface area contributed by atoms with Crippen LogP contribution in [0.15, 0.2) is 47.3 Å². The minimum Gasteiger partial charge on any atom is -0.394 e. The van der Waals surface area contributed by atoms with Gasteiger partial charge in [0.2, 0.25) is 17.5 Å². The van der Waals surface area contributed by atoms with Crippen molar-refractivity contribution < 1.29 is 19.2 Å². The van der Waals surface area contributed by atoms with E-state index >= 15 is 0 Å². The topological polar surface area (TPSA) is 142 Å². The van der Waals surface area contributed by atoms with Crippen molar-refractivity contribution in [3.05, 3.63) is 47.3 Å².